The summed E-state index contributed by atoms with van der Waals surface area (Å²) in [6.45, 7) is 2.15. The molecule has 1 saturated heterocycles. The third kappa shape index (κ3) is 4.02. The van der Waals surface area contributed by atoms with Crippen molar-refractivity contribution in [2.24, 2.45) is 17.6 Å². The summed E-state index contributed by atoms with van der Waals surface area (Å²) in [6, 6.07) is 4.50. The van der Waals surface area contributed by atoms with Crippen molar-refractivity contribution in [3.8, 4) is 17.2 Å². The van der Waals surface area contributed by atoms with Crippen LogP contribution in [0.1, 0.15) is 55.7 Å². The van der Waals surface area contributed by atoms with E-state index in [0.29, 0.717) is 36.4 Å². The van der Waals surface area contributed by atoms with Crippen LogP contribution in [0.15, 0.2) is 18.5 Å². The molecule has 1 unspecified atom stereocenters. The van der Waals surface area contributed by atoms with E-state index >= 15 is 0 Å². The summed E-state index contributed by atoms with van der Waals surface area (Å²) in [5.74, 6) is 1.78. The second-order valence-corrected chi connectivity index (χ2v) is 10.2. The number of pyridine rings is 1. The molecule has 34 heavy (non-hydrogen) atoms. The third-order valence-corrected chi connectivity index (χ3v) is 7.47. The molecule has 1 atom stereocenters. The van der Waals surface area contributed by atoms with Crippen LogP contribution in [0.3, 0.4) is 0 Å². The van der Waals surface area contributed by atoms with E-state index in [1.807, 2.05) is 6.07 Å². The smallest absolute Gasteiger partial charge is 0.239 e. The molecule has 0 aromatic carbocycles. The van der Waals surface area contributed by atoms with Crippen molar-refractivity contribution in [3.05, 3.63) is 29.7 Å². The molecular weight excluding hydrogens is 430 g/mol. The molecule has 0 spiro atoms. The summed E-state index contributed by atoms with van der Waals surface area (Å²) in [6.07, 6.45) is 10.1. The van der Waals surface area contributed by atoms with Gasteiger partial charge in [-0.25, -0.2) is 4.98 Å². The number of amides is 2. The first-order chi connectivity index (χ1) is 16.5. The van der Waals surface area contributed by atoms with Gasteiger partial charge in [0.15, 0.2) is 0 Å². The summed E-state index contributed by atoms with van der Waals surface area (Å²) in [4.78, 5) is 33.6. The molecule has 4 aliphatic rings. The van der Waals surface area contributed by atoms with E-state index in [-0.39, 0.29) is 18.5 Å². The van der Waals surface area contributed by atoms with Crippen molar-refractivity contribution in [2.45, 2.75) is 57.0 Å². The fraction of sp³-hybridized carbons (Fsp3) is 0.560. The molecule has 0 radical (unpaired) electrons. The van der Waals surface area contributed by atoms with Gasteiger partial charge in [-0.3, -0.25) is 14.3 Å². The van der Waals surface area contributed by atoms with Crippen molar-refractivity contribution in [3.63, 3.8) is 0 Å². The first-order valence-corrected chi connectivity index (χ1v) is 12.3. The lowest BCUT2D eigenvalue weighted by molar-refractivity contribution is -0.135. The van der Waals surface area contributed by atoms with Gasteiger partial charge in [-0.15, -0.1) is 0 Å². The molecule has 176 valence electrons. The zero-order chi connectivity index (χ0) is 23.4. The summed E-state index contributed by atoms with van der Waals surface area (Å²) in [7, 11) is 0. The Morgan fingerprint density at radius 1 is 1.15 bits per heavy atom. The van der Waals surface area contributed by atoms with Gasteiger partial charge in [-0.2, -0.15) is 10.4 Å². The van der Waals surface area contributed by atoms with E-state index in [1.54, 1.807) is 12.4 Å². The minimum absolute atomic E-state index is 0.0157. The predicted molar refractivity (Wildman–Crippen MR) is 125 cm³/mol. The zero-order valence-electron chi connectivity index (χ0n) is 19.2. The van der Waals surface area contributed by atoms with Crippen LogP contribution in [0.2, 0.25) is 0 Å². The Hall–Kier alpha value is -3.41. The van der Waals surface area contributed by atoms with Crippen molar-refractivity contribution in [1.82, 2.24) is 19.7 Å². The molecular formula is C25H29N7O2. The first-order valence-electron chi connectivity index (χ1n) is 12.3. The summed E-state index contributed by atoms with van der Waals surface area (Å²) >= 11 is 0. The monoisotopic (exact) mass is 459 g/mol. The highest BCUT2D eigenvalue weighted by Gasteiger charge is 2.45. The van der Waals surface area contributed by atoms with Gasteiger partial charge in [0.1, 0.15) is 18.4 Å². The molecule has 9 heteroatoms. The van der Waals surface area contributed by atoms with Gasteiger partial charge in [-0.1, -0.05) is 0 Å². The maximum atomic E-state index is 12.9. The number of rotatable bonds is 7. The lowest BCUT2D eigenvalue weighted by Crippen LogP contribution is -2.57. The number of nitrogens with zero attached hydrogens (tertiary/aromatic N) is 6. The van der Waals surface area contributed by atoms with Crippen LogP contribution in [-0.2, 0) is 16.1 Å². The number of carbonyl (C=O) groups excluding carboxylic acids is 2. The van der Waals surface area contributed by atoms with E-state index in [0.717, 1.165) is 54.9 Å². The van der Waals surface area contributed by atoms with Gasteiger partial charge >= 0.3 is 0 Å². The average Bonchev–Trinajstić information content (AvgIpc) is 3.69. The predicted octanol–water partition coefficient (Wildman–Crippen LogP) is 2.02. The van der Waals surface area contributed by atoms with Crippen LogP contribution in [0.25, 0.3) is 11.1 Å². The van der Waals surface area contributed by atoms with E-state index < -0.39 is 5.91 Å². The van der Waals surface area contributed by atoms with E-state index in [2.05, 4.69) is 21.0 Å². The van der Waals surface area contributed by atoms with Crippen LogP contribution in [0.4, 0.5) is 5.82 Å². The second-order valence-electron chi connectivity index (χ2n) is 10.2. The zero-order valence-corrected chi connectivity index (χ0v) is 19.2. The summed E-state index contributed by atoms with van der Waals surface area (Å²) in [5.41, 5.74) is 8.59. The standard InChI is InChI=1S/C25H29N7O2/c26-10-18-9-20(19-11-28-31(12-19)14-22(27)33)23(16-3-4-16)29-24(18)30-7-8-32(25(34)17-5-6-17)21(13-30)15-1-2-15/h9,11-12,15-17,21H,1-8,13-14H2,(H2,27,33). The number of aromatic nitrogens is 3. The van der Waals surface area contributed by atoms with Crippen molar-refractivity contribution < 1.29 is 9.59 Å². The van der Waals surface area contributed by atoms with Crippen LogP contribution in [0.5, 0.6) is 0 Å². The van der Waals surface area contributed by atoms with Crippen molar-refractivity contribution in [2.75, 3.05) is 24.5 Å². The SMILES string of the molecule is N#Cc1cc(-c2cnn(CC(N)=O)c2)c(C2CC2)nc1N1CCN(C(=O)C2CC2)C(C2CC2)C1. The van der Waals surface area contributed by atoms with Crippen LogP contribution >= 0.6 is 0 Å². The molecule has 3 saturated carbocycles. The third-order valence-electron chi connectivity index (χ3n) is 7.47. The number of hydrogen-bond donors (Lipinski definition) is 1. The van der Waals surface area contributed by atoms with E-state index in [4.69, 9.17) is 10.7 Å². The number of anilines is 1. The highest BCUT2D eigenvalue weighted by molar-refractivity contribution is 5.82. The lowest BCUT2D eigenvalue weighted by Gasteiger charge is -2.43. The van der Waals surface area contributed by atoms with Gasteiger partial charge in [-0.05, 0) is 50.5 Å². The maximum Gasteiger partial charge on any atom is 0.239 e. The van der Waals surface area contributed by atoms with Gasteiger partial charge in [0.25, 0.3) is 0 Å². The quantitative estimate of drug-likeness (QED) is 0.676. The normalized spacial score (nSPS) is 22.5. The molecule has 2 amide bonds. The Morgan fingerprint density at radius 2 is 1.94 bits per heavy atom. The molecule has 2 N–H and O–H groups in total. The molecule has 2 aromatic rings. The Balaban J connectivity index is 1.32. The van der Waals surface area contributed by atoms with Gasteiger partial charge in [0, 0.05) is 48.8 Å². The van der Waals surface area contributed by atoms with Crippen LogP contribution in [0, 0.1) is 23.2 Å². The molecule has 3 aliphatic carbocycles. The number of primary amides is 1. The number of nitrogens with two attached hydrogens (primary N) is 1. The number of piperazine rings is 1. The summed E-state index contributed by atoms with van der Waals surface area (Å²) < 4.78 is 1.52. The average molecular weight is 460 g/mol. The molecule has 2 aromatic heterocycles. The molecule has 1 aliphatic heterocycles. The molecule has 4 fully saturated rings. The van der Waals surface area contributed by atoms with E-state index in [1.165, 1.54) is 17.5 Å². The minimum atomic E-state index is -0.451. The number of hydrogen-bond acceptors (Lipinski definition) is 6. The van der Waals surface area contributed by atoms with Crippen LogP contribution < -0.4 is 10.6 Å². The molecule has 3 heterocycles. The van der Waals surface area contributed by atoms with Crippen molar-refractivity contribution in [1.29, 1.82) is 5.26 Å². The van der Waals surface area contributed by atoms with Crippen molar-refractivity contribution >= 4 is 17.6 Å². The first kappa shape index (κ1) is 21.1. The van der Waals surface area contributed by atoms with E-state index in [9.17, 15) is 14.9 Å². The van der Waals surface area contributed by atoms with Crippen LogP contribution in [-0.4, -0.2) is 57.2 Å². The Morgan fingerprint density at radius 3 is 2.59 bits per heavy atom. The molecule has 6 rings (SSSR count). The van der Waals surface area contributed by atoms with Gasteiger partial charge in [0.2, 0.25) is 11.8 Å². The Bertz CT molecular complexity index is 1190. The minimum Gasteiger partial charge on any atom is -0.368 e. The Kier molecular flexibility index (Phi) is 5.05. The second kappa shape index (κ2) is 8.12. The number of carbonyl (C=O) groups is 2. The fourth-order valence-corrected chi connectivity index (χ4v) is 5.21. The lowest BCUT2D eigenvalue weighted by atomic mass is 10.0. The highest BCUT2D eigenvalue weighted by Crippen LogP contribution is 2.45. The molecule has 0 bridgehead atoms. The van der Waals surface area contributed by atoms with Gasteiger partial charge < -0.3 is 15.5 Å². The highest BCUT2D eigenvalue weighted by atomic mass is 16.2. The largest absolute Gasteiger partial charge is 0.368 e. The summed E-state index contributed by atoms with van der Waals surface area (Å²) in [5, 5.41) is 14.3. The maximum absolute atomic E-state index is 12.9. The topological polar surface area (TPSA) is 121 Å². The molecule has 9 nitrogen and oxygen atoms in total. The number of nitriles is 1. The van der Waals surface area contributed by atoms with Gasteiger partial charge in [0.05, 0.1) is 23.5 Å². The fourth-order valence-electron chi connectivity index (χ4n) is 5.21. The Labute approximate surface area is 198 Å².